The zero-order chi connectivity index (χ0) is 22.5. The first kappa shape index (κ1) is 20.8. The lowest BCUT2D eigenvalue weighted by Gasteiger charge is -2.34. The van der Waals surface area contributed by atoms with Gasteiger partial charge in [0.2, 0.25) is 5.56 Å². The maximum Gasteiger partial charge on any atom is 0.416 e. The predicted octanol–water partition coefficient (Wildman–Crippen LogP) is 4.72. The average molecular weight is 460 g/mol. The number of anilines is 1. The molecule has 0 saturated carbocycles. The van der Waals surface area contributed by atoms with Crippen molar-refractivity contribution in [3.05, 3.63) is 57.8 Å². The van der Waals surface area contributed by atoms with Crippen molar-refractivity contribution in [2.75, 3.05) is 24.6 Å². The number of thiophene rings is 1. The molecule has 6 nitrogen and oxygen atoms in total. The van der Waals surface area contributed by atoms with Crippen molar-refractivity contribution in [2.24, 2.45) is 0 Å². The quantitative estimate of drug-likeness (QED) is 0.464. The lowest BCUT2D eigenvalue weighted by Crippen LogP contribution is -2.49. The highest BCUT2D eigenvalue weighted by atomic mass is 32.1. The standard InChI is InChI=1S/C22H19F3N4O2S/c1-12-2-3-17(32-12)16-10-15-14(4-5-26-21(15)27-16)13-8-19(28-20(30)9-13)29-6-7-31-18(11-29)22(23,24)25/h2-5,8-10,18H,6-7,11H2,1H3,(H,26,27)(H,28,30). The van der Waals surface area contributed by atoms with Gasteiger partial charge in [-0.05, 0) is 48.4 Å². The van der Waals surface area contributed by atoms with Crippen LogP contribution in [0.4, 0.5) is 19.0 Å². The highest BCUT2D eigenvalue weighted by Crippen LogP contribution is 2.34. The Morgan fingerprint density at radius 2 is 2.03 bits per heavy atom. The first-order valence-electron chi connectivity index (χ1n) is 10.0. The zero-order valence-electron chi connectivity index (χ0n) is 17.0. The van der Waals surface area contributed by atoms with Gasteiger partial charge in [0.25, 0.3) is 0 Å². The van der Waals surface area contributed by atoms with Crippen LogP contribution in [0.2, 0.25) is 0 Å². The number of aryl methyl sites for hydroxylation is 1. The van der Waals surface area contributed by atoms with Gasteiger partial charge in [-0.15, -0.1) is 11.3 Å². The number of nitrogens with one attached hydrogen (secondary N) is 2. The lowest BCUT2D eigenvalue weighted by atomic mass is 10.0. The van der Waals surface area contributed by atoms with Gasteiger partial charge in [-0.3, -0.25) is 4.79 Å². The van der Waals surface area contributed by atoms with Crippen molar-refractivity contribution < 1.29 is 17.9 Å². The number of fused-ring (bicyclic) bond motifs is 1. The number of hydrogen-bond acceptors (Lipinski definition) is 5. The van der Waals surface area contributed by atoms with E-state index in [1.54, 1.807) is 29.7 Å². The maximum atomic E-state index is 13.1. The van der Waals surface area contributed by atoms with Gasteiger partial charge in [0.15, 0.2) is 6.10 Å². The molecule has 5 rings (SSSR count). The number of pyridine rings is 2. The third-order valence-corrected chi connectivity index (χ3v) is 6.48. The van der Waals surface area contributed by atoms with Gasteiger partial charge >= 0.3 is 6.18 Å². The van der Waals surface area contributed by atoms with Gasteiger partial charge in [0.05, 0.1) is 23.7 Å². The molecule has 0 aromatic carbocycles. The molecule has 1 fully saturated rings. The van der Waals surface area contributed by atoms with E-state index in [1.165, 1.54) is 15.8 Å². The molecule has 10 heteroatoms. The highest BCUT2D eigenvalue weighted by molar-refractivity contribution is 7.15. The summed E-state index contributed by atoms with van der Waals surface area (Å²) < 4.78 is 44.3. The van der Waals surface area contributed by atoms with Crippen LogP contribution in [0.1, 0.15) is 4.88 Å². The summed E-state index contributed by atoms with van der Waals surface area (Å²) in [5.41, 5.74) is 2.60. The monoisotopic (exact) mass is 460 g/mol. The summed E-state index contributed by atoms with van der Waals surface area (Å²) in [6, 6.07) is 11.0. The minimum Gasteiger partial charge on any atom is -0.365 e. The average Bonchev–Trinajstić information content (AvgIpc) is 3.38. The number of hydrogen-bond donors (Lipinski definition) is 2. The summed E-state index contributed by atoms with van der Waals surface area (Å²) >= 11 is 1.66. The molecular weight excluding hydrogens is 441 g/mol. The Kier molecular flexibility index (Phi) is 5.06. The number of halogens is 3. The number of nitrogens with zero attached hydrogens (tertiary/aromatic N) is 2. The Morgan fingerprint density at radius 3 is 2.78 bits per heavy atom. The second-order valence-corrected chi connectivity index (χ2v) is 8.97. The van der Waals surface area contributed by atoms with Gasteiger partial charge < -0.3 is 19.6 Å². The van der Waals surface area contributed by atoms with E-state index in [9.17, 15) is 18.0 Å². The van der Waals surface area contributed by atoms with Crippen molar-refractivity contribution in [1.82, 2.24) is 15.0 Å². The van der Waals surface area contributed by atoms with Crippen molar-refractivity contribution in [1.29, 1.82) is 0 Å². The topological polar surface area (TPSA) is 74.0 Å². The summed E-state index contributed by atoms with van der Waals surface area (Å²) in [7, 11) is 0. The first-order valence-corrected chi connectivity index (χ1v) is 10.8. The molecule has 4 aromatic rings. The summed E-state index contributed by atoms with van der Waals surface area (Å²) in [5.74, 6) is 0.333. The number of ether oxygens (including phenoxy) is 1. The van der Waals surface area contributed by atoms with Crippen LogP contribution < -0.4 is 10.5 Å². The molecule has 2 N–H and O–H groups in total. The van der Waals surface area contributed by atoms with Crippen LogP contribution >= 0.6 is 11.3 Å². The van der Waals surface area contributed by atoms with Crippen LogP contribution in [0.25, 0.3) is 32.7 Å². The van der Waals surface area contributed by atoms with E-state index in [0.29, 0.717) is 17.0 Å². The third kappa shape index (κ3) is 3.91. The minimum atomic E-state index is -4.46. The normalized spacial score (nSPS) is 17.2. The predicted molar refractivity (Wildman–Crippen MR) is 118 cm³/mol. The van der Waals surface area contributed by atoms with Crippen LogP contribution in [-0.2, 0) is 4.74 Å². The Morgan fingerprint density at radius 1 is 1.19 bits per heavy atom. The first-order chi connectivity index (χ1) is 15.3. The molecule has 0 bridgehead atoms. The molecule has 1 aliphatic rings. The molecule has 1 aliphatic heterocycles. The van der Waals surface area contributed by atoms with Crippen molar-refractivity contribution in [3.8, 4) is 21.7 Å². The van der Waals surface area contributed by atoms with E-state index in [4.69, 9.17) is 4.74 Å². The molecule has 1 atom stereocenters. The van der Waals surface area contributed by atoms with Crippen LogP contribution in [0.5, 0.6) is 0 Å². The summed E-state index contributed by atoms with van der Waals surface area (Å²) in [6.07, 6.45) is -4.71. The number of rotatable bonds is 3. The van der Waals surface area contributed by atoms with E-state index < -0.39 is 12.3 Å². The lowest BCUT2D eigenvalue weighted by molar-refractivity contribution is -0.221. The minimum absolute atomic E-state index is 0.0721. The van der Waals surface area contributed by atoms with E-state index >= 15 is 0 Å². The van der Waals surface area contributed by atoms with Crippen LogP contribution in [-0.4, -0.2) is 46.9 Å². The van der Waals surface area contributed by atoms with E-state index in [2.05, 4.69) is 15.0 Å². The largest absolute Gasteiger partial charge is 0.416 e. The molecule has 1 unspecified atom stereocenters. The second-order valence-electron chi connectivity index (χ2n) is 7.68. The van der Waals surface area contributed by atoms with Gasteiger partial charge in [0.1, 0.15) is 11.5 Å². The Balaban J connectivity index is 1.55. The zero-order valence-corrected chi connectivity index (χ0v) is 17.8. The van der Waals surface area contributed by atoms with Crippen molar-refractivity contribution in [2.45, 2.75) is 19.2 Å². The van der Waals surface area contributed by atoms with E-state index in [-0.39, 0.29) is 25.3 Å². The molecule has 166 valence electrons. The Bertz CT molecular complexity index is 1340. The SMILES string of the molecule is Cc1ccc(-c2cc3c(-c4cc(N5CCOC(C(F)(F)F)C5)[nH]c(=O)c4)ccnc3[nH]2)s1. The van der Waals surface area contributed by atoms with Gasteiger partial charge in [0, 0.05) is 29.1 Å². The molecule has 0 spiro atoms. The summed E-state index contributed by atoms with van der Waals surface area (Å²) in [5, 5.41) is 0.834. The fraction of sp³-hybridized carbons (Fsp3) is 0.273. The van der Waals surface area contributed by atoms with Gasteiger partial charge in [-0.25, -0.2) is 4.98 Å². The van der Waals surface area contributed by atoms with Crippen molar-refractivity contribution in [3.63, 3.8) is 0 Å². The van der Waals surface area contributed by atoms with E-state index in [1.807, 2.05) is 25.1 Å². The maximum absolute atomic E-state index is 13.1. The molecule has 5 heterocycles. The molecule has 4 aromatic heterocycles. The third-order valence-electron chi connectivity index (χ3n) is 5.45. The highest BCUT2D eigenvalue weighted by Gasteiger charge is 2.43. The smallest absolute Gasteiger partial charge is 0.365 e. The number of alkyl halides is 3. The number of H-pyrrole nitrogens is 2. The second kappa shape index (κ2) is 7.79. The Labute approximate surface area is 184 Å². The van der Waals surface area contributed by atoms with Crippen LogP contribution in [0, 0.1) is 6.92 Å². The number of morpholine rings is 1. The van der Waals surface area contributed by atoms with Crippen LogP contribution in [0.3, 0.4) is 0 Å². The molecule has 0 aliphatic carbocycles. The van der Waals surface area contributed by atoms with E-state index in [0.717, 1.165) is 21.5 Å². The molecule has 0 radical (unpaired) electrons. The fourth-order valence-electron chi connectivity index (χ4n) is 3.91. The summed E-state index contributed by atoms with van der Waals surface area (Å²) in [4.78, 5) is 26.6. The molecule has 0 amide bonds. The molecule has 1 saturated heterocycles. The number of aromatic amines is 2. The molecule has 32 heavy (non-hydrogen) atoms. The number of aromatic nitrogens is 3. The van der Waals surface area contributed by atoms with Gasteiger partial charge in [-0.1, -0.05) is 0 Å². The Hall–Kier alpha value is -3.11. The summed E-state index contributed by atoms with van der Waals surface area (Å²) in [6.45, 7) is 1.84. The van der Waals surface area contributed by atoms with Crippen LogP contribution in [0.15, 0.2) is 47.4 Å². The fourth-order valence-corrected chi connectivity index (χ4v) is 4.75. The van der Waals surface area contributed by atoms with Gasteiger partial charge in [-0.2, -0.15) is 13.2 Å². The van der Waals surface area contributed by atoms with Crippen molar-refractivity contribution >= 4 is 28.2 Å². The molecular formula is C22H19F3N4O2S.